The van der Waals surface area contributed by atoms with Crippen molar-refractivity contribution in [2.24, 2.45) is 11.8 Å². The molecule has 3 heterocycles. The summed E-state index contributed by atoms with van der Waals surface area (Å²) >= 11 is 0. The van der Waals surface area contributed by atoms with Gasteiger partial charge >= 0.3 is 0 Å². The summed E-state index contributed by atoms with van der Waals surface area (Å²) in [6.45, 7) is 11.2. The Balaban J connectivity index is 1.85. The van der Waals surface area contributed by atoms with Crippen LogP contribution in [0.5, 0.6) is 0 Å². The van der Waals surface area contributed by atoms with Crippen LogP contribution >= 0.6 is 0 Å². The average molecular weight is 303 g/mol. The van der Waals surface area contributed by atoms with Gasteiger partial charge in [0.05, 0.1) is 5.69 Å². The van der Waals surface area contributed by atoms with Gasteiger partial charge in [-0.15, -0.1) is 0 Å². The lowest BCUT2D eigenvalue weighted by molar-refractivity contribution is -0.117. The Morgan fingerprint density at radius 2 is 1.82 bits per heavy atom. The number of amides is 1. The van der Waals surface area contributed by atoms with Crippen LogP contribution < -0.4 is 4.90 Å². The fourth-order valence-corrected chi connectivity index (χ4v) is 3.78. The highest BCUT2D eigenvalue weighted by atomic mass is 16.3. The zero-order valence-electron chi connectivity index (χ0n) is 13.8. The van der Waals surface area contributed by atoms with Gasteiger partial charge < -0.3 is 14.9 Å². The second-order valence-corrected chi connectivity index (χ2v) is 7.31. The highest BCUT2D eigenvalue weighted by Crippen LogP contribution is 2.34. The summed E-state index contributed by atoms with van der Waals surface area (Å²) in [4.78, 5) is 19.8. The molecule has 5 heteroatoms. The Morgan fingerprint density at radius 1 is 1.23 bits per heavy atom. The van der Waals surface area contributed by atoms with E-state index < -0.39 is 5.60 Å². The van der Waals surface area contributed by atoms with Crippen molar-refractivity contribution in [1.29, 1.82) is 0 Å². The lowest BCUT2D eigenvalue weighted by Crippen LogP contribution is -2.29. The zero-order chi connectivity index (χ0) is 16.1. The Hall–Kier alpha value is -1.62. The van der Waals surface area contributed by atoms with E-state index in [2.05, 4.69) is 17.9 Å². The average Bonchev–Trinajstić information content (AvgIpc) is 2.98. The van der Waals surface area contributed by atoms with Crippen molar-refractivity contribution in [3.63, 3.8) is 0 Å². The smallest absolute Gasteiger partial charge is 0.209 e. The normalized spacial score (nSPS) is 24.8. The number of carbonyl (C=O) groups is 1. The summed E-state index contributed by atoms with van der Waals surface area (Å²) in [5, 5.41) is 10.4. The van der Waals surface area contributed by atoms with Crippen LogP contribution in [0.15, 0.2) is 6.07 Å². The summed E-state index contributed by atoms with van der Waals surface area (Å²) in [6.07, 6.45) is 0.962. The summed E-state index contributed by atoms with van der Waals surface area (Å²) in [5.41, 5.74) is 2.04. The maximum atomic E-state index is 10.9. The predicted octanol–water partition coefficient (Wildman–Crippen LogP) is 1.45. The number of pyridine rings is 1. The molecule has 0 saturated carbocycles. The second kappa shape index (κ2) is 5.23. The van der Waals surface area contributed by atoms with Gasteiger partial charge in [0.15, 0.2) is 0 Å². The topological polar surface area (TPSA) is 56.7 Å². The molecule has 2 atom stereocenters. The third-order valence-electron chi connectivity index (χ3n) is 5.09. The molecule has 1 amide bonds. The van der Waals surface area contributed by atoms with Gasteiger partial charge in [-0.3, -0.25) is 4.79 Å². The second-order valence-electron chi connectivity index (χ2n) is 7.31. The molecule has 5 nitrogen and oxygen atoms in total. The van der Waals surface area contributed by atoms with Gasteiger partial charge in [-0.05, 0) is 44.9 Å². The Bertz CT molecular complexity index is 580. The van der Waals surface area contributed by atoms with E-state index in [0.29, 0.717) is 11.8 Å². The molecule has 0 spiro atoms. The van der Waals surface area contributed by atoms with Gasteiger partial charge in [0, 0.05) is 38.0 Å². The van der Waals surface area contributed by atoms with Gasteiger partial charge in [0.1, 0.15) is 11.4 Å². The van der Waals surface area contributed by atoms with Crippen molar-refractivity contribution in [1.82, 2.24) is 9.88 Å². The fourth-order valence-electron chi connectivity index (χ4n) is 3.78. The number of hydrogen-bond acceptors (Lipinski definition) is 4. The lowest BCUT2D eigenvalue weighted by atomic mass is 9.97. The van der Waals surface area contributed by atoms with Gasteiger partial charge in [0.2, 0.25) is 6.41 Å². The molecule has 0 bridgehead atoms. The third kappa shape index (κ3) is 2.58. The number of aliphatic hydroxyl groups is 1. The van der Waals surface area contributed by atoms with E-state index >= 15 is 0 Å². The van der Waals surface area contributed by atoms with Gasteiger partial charge in [-0.25, -0.2) is 4.98 Å². The number of nitrogens with zero attached hydrogens (tertiary/aromatic N) is 3. The van der Waals surface area contributed by atoms with Crippen molar-refractivity contribution >= 4 is 12.2 Å². The predicted molar refractivity (Wildman–Crippen MR) is 85.8 cm³/mol. The van der Waals surface area contributed by atoms with Crippen molar-refractivity contribution in [2.45, 2.75) is 33.3 Å². The molecule has 0 aromatic carbocycles. The SMILES string of the molecule is Cc1cc(N2C[C@H]3CN(C=O)C[C@H]3C2)nc(C(C)(C)O)c1C. The van der Waals surface area contributed by atoms with Crippen molar-refractivity contribution in [3.05, 3.63) is 22.9 Å². The molecule has 2 fully saturated rings. The number of aryl methyl sites for hydroxylation is 1. The number of aromatic nitrogens is 1. The number of rotatable bonds is 3. The highest BCUT2D eigenvalue weighted by Gasteiger charge is 2.40. The molecule has 2 aliphatic rings. The maximum absolute atomic E-state index is 10.9. The van der Waals surface area contributed by atoms with Gasteiger partial charge in [0.25, 0.3) is 0 Å². The Kier molecular flexibility index (Phi) is 3.63. The standard InChI is InChI=1S/C17H25N3O2/c1-11-5-15(18-16(12(11)2)17(3,4)22)20-8-13-6-19(10-21)7-14(13)9-20/h5,10,13-14,22H,6-9H2,1-4H3/t13-,14+. The molecule has 2 aliphatic heterocycles. The summed E-state index contributed by atoms with van der Waals surface area (Å²) < 4.78 is 0. The van der Waals surface area contributed by atoms with E-state index in [0.717, 1.165) is 55.2 Å². The van der Waals surface area contributed by atoms with Crippen molar-refractivity contribution in [2.75, 3.05) is 31.1 Å². The minimum absolute atomic E-state index is 0.541. The Labute approximate surface area is 131 Å². The summed E-state index contributed by atoms with van der Waals surface area (Å²) in [7, 11) is 0. The first-order chi connectivity index (χ1) is 10.3. The van der Waals surface area contributed by atoms with E-state index in [4.69, 9.17) is 4.98 Å². The molecule has 22 heavy (non-hydrogen) atoms. The van der Waals surface area contributed by atoms with Crippen molar-refractivity contribution in [3.8, 4) is 0 Å². The highest BCUT2D eigenvalue weighted by molar-refractivity contribution is 5.50. The molecule has 1 N–H and O–H groups in total. The first kappa shape index (κ1) is 15.3. The molecule has 1 aromatic heterocycles. The molecular weight excluding hydrogens is 278 g/mol. The fraction of sp³-hybridized carbons (Fsp3) is 0.647. The van der Waals surface area contributed by atoms with Crippen LogP contribution in [0.1, 0.15) is 30.7 Å². The summed E-state index contributed by atoms with van der Waals surface area (Å²) in [6, 6.07) is 2.11. The molecule has 0 unspecified atom stereocenters. The van der Waals surface area contributed by atoms with E-state index in [-0.39, 0.29) is 0 Å². The minimum Gasteiger partial charge on any atom is -0.384 e. The van der Waals surface area contributed by atoms with E-state index in [1.54, 1.807) is 13.8 Å². The Morgan fingerprint density at radius 3 is 2.32 bits per heavy atom. The number of hydrogen-bond donors (Lipinski definition) is 1. The molecule has 0 aliphatic carbocycles. The molecule has 0 radical (unpaired) electrons. The van der Waals surface area contributed by atoms with Crippen LogP contribution in [0.3, 0.4) is 0 Å². The van der Waals surface area contributed by atoms with Crippen LogP contribution in [0.25, 0.3) is 0 Å². The number of anilines is 1. The number of fused-ring (bicyclic) bond motifs is 1. The van der Waals surface area contributed by atoms with Crippen molar-refractivity contribution < 1.29 is 9.90 Å². The molecular formula is C17H25N3O2. The molecule has 120 valence electrons. The lowest BCUT2D eigenvalue weighted by Gasteiger charge is -2.26. The molecule has 1 aromatic rings. The van der Waals surface area contributed by atoms with E-state index in [1.807, 2.05) is 11.8 Å². The van der Waals surface area contributed by atoms with Crippen LogP contribution in [0.4, 0.5) is 5.82 Å². The monoisotopic (exact) mass is 303 g/mol. The number of likely N-dealkylation sites (tertiary alicyclic amines) is 1. The maximum Gasteiger partial charge on any atom is 0.209 e. The first-order valence-electron chi connectivity index (χ1n) is 7.95. The third-order valence-corrected chi connectivity index (χ3v) is 5.09. The van der Waals surface area contributed by atoms with E-state index in [1.165, 1.54) is 0 Å². The van der Waals surface area contributed by atoms with Crippen LogP contribution in [-0.4, -0.2) is 47.6 Å². The van der Waals surface area contributed by atoms with Gasteiger partial charge in [-0.1, -0.05) is 0 Å². The first-order valence-corrected chi connectivity index (χ1v) is 7.95. The minimum atomic E-state index is -0.936. The number of carbonyl (C=O) groups excluding carboxylic acids is 1. The largest absolute Gasteiger partial charge is 0.384 e. The zero-order valence-corrected chi connectivity index (χ0v) is 13.8. The molecule has 2 saturated heterocycles. The quantitative estimate of drug-likeness (QED) is 0.859. The van der Waals surface area contributed by atoms with Gasteiger partial charge in [-0.2, -0.15) is 0 Å². The summed E-state index contributed by atoms with van der Waals surface area (Å²) in [5.74, 6) is 2.03. The van der Waals surface area contributed by atoms with E-state index in [9.17, 15) is 9.90 Å². The van der Waals surface area contributed by atoms with Crippen LogP contribution in [0.2, 0.25) is 0 Å². The van der Waals surface area contributed by atoms with Crippen LogP contribution in [-0.2, 0) is 10.4 Å². The molecule has 3 rings (SSSR count). The van der Waals surface area contributed by atoms with Crippen LogP contribution in [0, 0.1) is 25.7 Å².